The number of piperidine rings is 1. The first-order valence-corrected chi connectivity index (χ1v) is 9.77. The second kappa shape index (κ2) is 8.01. The molecule has 1 saturated heterocycles. The summed E-state index contributed by atoms with van der Waals surface area (Å²) in [4.78, 5) is 7.35. The molecule has 0 spiro atoms. The maximum absolute atomic E-state index is 5.45. The Morgan fingerprint density at radius 3 is 2.59 bits per heavy atom. The van der Waals surface area contributed by atoms with Gasteiger partial charge in [-0.25, -0.2) is 4.98 Å². The molecule has 0 atom stereocenters. The molecule has 142 valence electrons. The second-order valence-corrected chi connectivity index (χ2v) is 7.29. The van der Waals surface area contributed by atoms with E-state index in [1.807, 2.05) is 12.1 Å². The van der Waals surface area contributed by atoms with Crippen LogP contribution >= 0.6 is 0 Å². The summed E-state index contributed by atoms with van der Waals surface area (Å²) in [6.45, 7) is 3.31. The Kier molecular flexibility index (Phi) is 5.30. The van der Waals surface area contributed by atoms with E-state index in [0.717, 1.165) is 55.9 Å². The van der Waals surface area contributed by atoms with Crippen LogP contribution in [-0.2, 0) is 13.5 Å². The smallest absolute Gasteiger partial charge is 0.141 e. The first-order chi connectivity index (χ1) is 13.2. The molecule has 0 aliphatic carbocycles. The van der Waals surface area contributed by atoms with Crippen molar-refractivity contribution >= 4 is 16.7 Å². The summed E-state index contributed by atoms with van der Waals surface area (Å²) in [5.74, 6) is 2.09. The van der Waals surface area contributed by atoms with Gasteiger partial charge in [0.15, 0.2) is 0 Å². The number of anilines is 1. The molecule has 0 bridgehead atoms. The van der Waals surface area contributed by atoms with Gasteiger partial charge in [0.1, 0.15) is 11.6 Å². The van der Waals surface area contributed by atoms with Gasteiger partial charge >= 0.3 is 0 Å². The van der Waals surface area contributed by atoms with Gasteiger partial charge in [0.05, 0.1) is 23.8 Å². The highest BCUT2D eigenvalue weighted by Crippen LogP contribution is 2.26. The lowest BCUT2D eigenvalue weighted by atomic mass is 10.0. The van der Waals surface area contributed by atoms with E-state index in [4.69, 9.17) is 9.72 Å². The fraction of sp³-hybridized carbons (Fsp3) is 0.409. The average Bonchev–Trinajstić information content (AvgIpc) is 3.04. The van der Waals surface area contributed by atoms with E-state index in [1.54, 1.807) is 7.11 Å². The standard InChI is InChI=1S/C22H28N4O/c1-25-20-9-5-3-7-18(20)24-22(25)13-16-26-14-11-17(12-15-26)23-19-8-4-6-10-21(19)27-2/h3-10,17,23H,11-16H2,1-2H3. The molecule has 0 amide bonds. The number of rotatable bonds is 6. The summed E-state index contributed by atoms with van der Waals surface area (Å²) < 4.78 is 7.68. The van der Waals surface area contributed by atoms with Crippen LogP contribution in [0.2, 0.25) is 0 Å². The van der Waals surface area contributed by atoms with E-state index in [9.17, 15) is 0 Å². The van der Waals surface area contributed by atoms with Crippen molar-refractivity contribution < 1.29 is 4.74 Å². The van der Waals surface area contributed by atoms with Crippen LogP contribution < -0.4 is 10.1 Å². The number of hydrogen-bond donors (Lipinski definition) is 1. The molecule has 0 saturated carbocycles. The fourth-order valence-electron chi connectivity index (χ4n) is 3.96. The first-order valence-electron chi connectivity index (χ1n) is 9.77. The summed E-state index contributed by atoms with van der Waals surface area (Å²) in [6, 6.07) is 17.0. The van der Waals surface area contributed by atoms with Crippen LogP contribution in [0.5, 0.6) is 5.75 Å². The highest BCUT2D eigenvalue weighted by Gasteiger charge is 2.20. The van der Waals surface area contributed by atoms with Crippen molar-refractivity contribution in [3.63, 3.8) is 0 Å². The van der Waals surface area contributed by atoms with Gasteiger partial charge in [-0.3, -0.25) is 0 Å². The molecule has 2 aromatic carbocycles. The average molecular weight is 364 g/mol. The number of ether oxygens (including phenoxy) is 1. The van der Waals surface area contributed by atoms with Gasteiger partial charge in [0.25, 0.3) is 0 Å². The largest absolute Gasteiger partial charge is 0.495 e. The normalized spacial score (nSPS) is 15.9. The number of benzene rings is 2. The van der Waals surface area contributed by atoms with Crippen molar-refractivity contribution in [3.8, 4) is 5.75 Å². The molecular weight excluding hydrogens is 336 g/mol. The van der Waals surface area contributed by atoms with Crippen LogP contribution in [0.25, 0.3) is 11.0 Å². The van der Waals surface area contributed by atoms with Crippen molar-refractivity contribution in [3.05, 3.63) is 54.4 Å². The van der Waals surface area contributed by atoms with Gasteiger partial charge < -0.3 is 19.5 Å². The minimum Gasteiger partial charge on any atom is -0.495 e. The molecule has 4 rings (SSSR count). The molecule has 0 unspecified atom stereocenters. The minimum absolute atomic E-state index is 0.508. The van der Waals surface area contributed by atoms with Crippen LogP contribution in [-0.4, -0.2) is 47.2 Å². The fourth-order valence-corrected chi connectivity index (χ4v) is 3.96. The number of para-hydroxylation sites is 4. The first kappa shape index (κ1) is 17.9. The van der Waals surface area contributed by atoms with Gasteiger partial charge in [-0.05, 0) is 37.1 Å². The number of aryl methyl sites for hydroxylation is 1. The molecule has 0 radical (unpaired) electrons. The third kappa shape index (κ3) is 3.93. The van der Waals surface area contributed by atoms with Gasteiger partial charge in [-0.1, -0.05) is 24.3 Å². The topological polar surface area (TPSA) is 42.3 Å². The molecule has 2 heterocycles. The zero-order valence-corrected chi connectivity index (χ0v) is 16.2. The Morgan fingerprint density at radius 1 is 1.07 bits per heavy atom. The minimum atomic E-state index is 0.508. The van der Waals surface area contributed by atoms with Gasteiger partial charge in [-0.2, -0.15) is 0 Å². The summed E-state index contributed by atoms with van der Waals surface area (Å²) in [7, 11) is 3.85. The van der Waals surface area contributed by atoms with Gasteiger partial charge in [0.2, 0.25) is 0 Å². The maximum atomic E-state index is 5.45. The maximum Gasteiger partial charge on any atom is 0.141 e. The van der Waals surface area contributed by atoms with Gasteiger partial charge in [0, 0.05) is 39.1 Å². The second-order valence-electron chi connectivity index (χ2n) is 7.29. The quantitative estimate of drug-likeness (QED) is 0.724. The molecule has 1 aromatic heterocycles. The number of hydrogen-bond acceptors (Lipinski definition) is 4. The molecule has 27 heavy (non-hydrogen) atoms. The van der Waals surface area contributed by atoms with E-state index in [0.29, 0.717) is 6.04 Å². The lowest BCUT2D eigenvalue weighted by Gasteiger charge is -2.33. The van der Waals surface area contributed by atoms with Crippen LogP contribution in [0.1, 0.15) is 18.7 Å². The summed E-state index contributed by atoms with van der Waals surface area (Å²) in [6.07, 6.45) is 3.30. The van der Waals surface area contributed by atoms with Gasteiger partial charge in [-0.15, -0.1) is 0 Å². The predicted octanol–water partition coefficient (Wildman–Crippen LogP) is 3.70. The molecule has 3 aromatic rings. The lowest BCUT2D eigenvalue weighted by molar-refractivity contribution is 0.220. The third-order valence-electron chi connectivity index (χ3n) is 5.59. The number of nitrogens with zero attached hydrogens (tertiary/aromatic N) is 3. The Labute approximate surface area is 161 Å². The number of fused-ring (bicyclic) bond motifs is 1. The van der Waals surface area contributed by atoms with E-state index in [1.165, 1.54) is 11.3 Å². The Morgan fingerprint density at radius 2 is 1.81 bits per heavy atom. The van der Waals surface area contributed by atoms with Crippen molar-refractivity contribution in [1.29, 1.82) is 0 Å². The highest BCUT2D eigenvalue weighted by molar-refractivity contribution is 5.75. The van der Waals surface area contributed by atoms with Crippen molar-refractivity contribution in [2.24, 2.45) is 7.05 Å². The van der Waals surface area contributed by atoms with Crippen molar-refractivity contribution in [1.82, 2.24) is 14.5 Å². The van der Waals surface area contributed by atoms with Crippen LogP contribution in [0.3, 0.4) is 0 Å². The third-order valence-corrected chi connectivity index (χ3v) is 5.59. The molecule has 5 heteroatoms. The highest BCUT2D eigenvalue weighted by atomic mass is 16.5. The predicted molar refractivity (Wildman–Crippen MR) is 110 cm³/mol. The number of aromatic nitrogens is 2. The lowest BCUT2D eigenvalue weighted by Crippen LogP contribution is -2.40. The van der Waals surface area contributed by atoms with Crippen LogP contribution in [0.4, 0.5) is 5.69 Å². The number of methoxy groups -OCH3 is 1. The summed E-state index contributed by atoms with van der Waals surface area (Å²) in [5, 5.41) is 3.65. The zero-order chi connectivity index (χ0) is 18.6. The SMILES string of the molecule is COc1ccccc1NC1CCN(CCc2nc3ccccc3n2C)CC1. The van der Waals surface area contributed by atoms with Crippen molar-refractivity contribution in [2.45, 2.75) is 25.3 Å². The summed E-state index contributed by atoms with van der Waals surface area (Å²) in [5.41, 5.74) is 3.40. The van der Waals surface area contributed by atoms with E-state index in [-0.39, 0.29) is 0 Å². The molecule has 1 fully saturated rings. The molecule has 5 nitrogen and oxygen atoms in total. The molecule has 1 aliphatic rings. The Hall–Kier alpha value is -2.53. The monoisotopic (exact) mass is 364 g/mol. The zero-order valence-electron chi connectivity index (χ0n) is 16.2. The van der Waals surface area contributed by atoms with E-state index in [2.05, 4.69) is 58.2 Å². The summed E-state index contributed by atoms with van der Waals surface area (Å²) >= 11 is 0. The molecular formula is C22H28N4O. The number of imidazole rings is 1. The van der Waals surface area contributed by atoms with Crippen molar-refractivity contribution in [2.75, 3.05) is 32.1 Å². The number of likely N-dealkylation sites (tertiary alicyclic amines) is 1. The van der Waals surface area contributed by atoms with Crippen LogP contribution in [0.15, 0.2) is 48.5 Å². The Balaban J connectivity index is 1.30. The van der Waals surface area contributed by atoms with E-state index >= 15 is 0 Å². The van der Waals surface area contributed by atoms with E-state index < -0.39 is 0 Å². The Bertz CT molecular complexity index is 896. The molecule has 1 aliphatic heterocycles. The number of nitrogens with one attached hydrogen (secondary N) is 1. The van der Waals surface area contributed by atoms with Crippen LogP contribution in [0, 0.1) is 0 Å². The molecule has 1 N–H and O–H groups in total.